The van der Waals surface area contributed by atoms with Gasteiger partial charge in [0.1, 0.15) is 5.76 Å². The molecule has 1 N–H and O–H groups in total. The molecule has 0 aliphatic heterocycles. The Bertz CT molecular complexity index is 361. The highest BCUT2D eigenvalue weighted by molar-refractivity contribution is 5.05. The molecule has 0 saturated heterocycles. The van der Waals surface area contributed by atoms with Gasteiger partial charge in [0.05, 0.1) is 12.2 Å². The topological polar surface area (TPSA) is 41.3 Å². The first-order chi connectivity index (χ1) is 8.03. The van der Waals surface area contributed by atoms with Gasteiger partial charge >= 0.3 is 0 Å². The molecule has 2 rings (SSSR count). The quantitative estimate of drug-likeness (QED) is 0.849. The van der Waals surface area contributed by atoms with E-state index in [4.69, 9.17) is 4.42 Å². The van der Waals surface area contributed by atoms with Crippen molar-refractivity contribution in [1.29, 1.82) is 0 Å². The summed E-state index contributed by atoms with van der Waals surface area (Å²) in [5, 5.41) is 3.47. The number of rotatable bonds is 5. The molecule has 4 nitrogen and oxygen atoms in total. The minimum atomic E-state index is 0.358. The molecule has 0 amide bonds. The molecule has 1 aliphatic carbocycles. The first-order valence-electron chi connectivity index (χ1n) is 6.34. The number of oxazole rings is 1. The van der Waals surface area contributed by atoms with Crippen LogP contribution < -0.4 is 5.32 Å². The molecule has 0 spiro atoms. The summed E-state index contributed by atoms with van der Waals surface area (Å²) in [7, 11) is 4.33. The number of nitrogens with one attached hydrogen (secondary N) is 1. The lowest BCUT2D eigenvalue weighted by molar-refractivity contribution is 0.0592. The third kappa shape index (κ3) is 2.53. The average Bonchev–Trinajstić information content (AvgIpc) is 2.50. The van der Waals surface area contributed by atoms with Crippen molar-refractivity contribution < 1.29 is 4.42 Å². The van der Waals surface area contributed by atoms with Gasteiger partial charge in [0.2, 0.25) is 5.89 Å². The maximum atomic E-state index is 5.55. The van der Waals surface area contributed by atoms with Gasteiger partial charge in [-0.05, 0) is 47.2 Å². The second-order valence-electron chi connectivity index (χ2n) is 5.33. The number of aryl methyl sites for hydroxylation is 2. The van der Waals surface area contributed by atoms with E-state index in [0.29, 0.717) is 5.54 Å². The van der Waals surface area contributed by atoms with Crippen molar-refractivity contribution >= 4 is 0 Å². The Balaban J connectivity index is 1.83. The maximum absolute atomic E-state index is 5.55. The third-order valence-electron chi connectivity index (χ3n) is 4.04. The van der Waals surface area contributed by atoms with Crippen LogP contribution in [0.3, 0.4) is 0 Å². The van der Waals surface area contributed by atoms with E-state index in [9.17, 15) is 0 Å². The van der Waals surface area contributed by atoms with Crippen LogP contribution in [0.2, 0.25) is 0 Å². The molecule has 1 saturated carbocycles. The van der Waals surface area contributed by atoms with Crippen molar-refractivity contribution in [3.05, 3.63) is 17.3 Å². The van der Waals surface area contributed by atoms with E-state index < -0.39 is 0 Å². The Hall–Kier alpha value is -0.870. The van der Waals surface area contributed by atoms with Crippen molar-refractivity contribution in [1.82, 2.24) is 15.2 Å². The zero-order valence-corrected chi connectivity index (χ0v) is 11.3. The highest BCUT2D eigenvalue weighted by atomic mass is 16.4. The second-order valence-corrected chi connectivity index (χ2v) is 5.33. The number of nitrogens with zero attached hydrogens (tertiary/aromatic N) is 2. The molecule has 1 fully saturated rings. The fraction of sp³-hybridized carbons (Fsp3) is 0.769. The van der Waals surface area contributed by atoms with Crippen LogP contribution in [0.1, 0.15) is 36.6 Å². The monoisotopic (exact) mass is 237 g/mol. The second kappa shape index (κ2) is 4.78. The van der Waals surface area contributed by atoms with Gasteiger partial charge in [-0.1, -0.05) is 0 Å². The summed E-state index contributed by atoms with van der Waals surface area (Å²) in [5.41, 5.74) is 1.35. The molecule has 4 heteroatoms. The molecule has 0 atom stereocenters. The highest BCUT2D eigenvalue weighted by Crippen LogP contribution is 2.35. The number of aromatic nitrogens is 1. The van der Waals surface area contributed by atoms with Gasteiger partial charge in [0, 0.05) is 12.1 Å². The van der Waals surface area contributed by atoms with E-state index in [1.807, 2.05) is 13.8 Å². The third-order valence-corrected chi connectivity index (χ3v) is 4.04. The molecule has 1 aromatic heterocycles. The summed E-state index contributed by atoms with van der Waals surface area (Å²) in [4.78, 5) is 6.72. The molecule has 0 unspecified atom stereocenters. The summed E-state index contributed by atoms with van der Waals surface area (Å²) in [6.45, 7) is 5.68. The van der Waals surface area contributed by atoms with Crippen LogP contribution in [0.4, 0.5) is 0 Å². The van der Waals surface area contributed by atoms with Gasteiger partial charge in [-0.3, -0.25) is 0 Å². The Kier molecular flexibility index (Phi) is 3.54. The lowest BCUT2D eigenvalue weighted by Crippen LogP contribution is -2.56. The molecular weight excluding hydrogens is 214 g/mol. The molecule has 0 aromatic carbocycles. The smallest absolute Gasteiger partial charge is 0.208 e. The predicted octanol–water partition coefficient (Wildman–Crippen LogP) is 1.87. The highest BCUT2D eigenvalue weighted by Gasteiger charge is 2.38. The molecule has 96 valence electrons. The van der Waals surface area contributed by atoms with Crippen molar-refractivity contribution in [2.45, 2.75) is 45.2 Å². The van der Waals surface area contributed by atoms with E-state index in [2.05, 4.69) is 29.3 Å². The summed E-state index contributed by atoms with van der Waals surface area (Å²) < 4.78 is 5.55. The zero-order valence-electron chi connectivity index (χ0n) is 11.3. The van der Waals surface area contributed by atoms with Gasteiger partial charge in [0.15, 0.2) is 0 Å². The first-order valence-corrected chi connectivity index (χ1v) is 6.34. The fourth-order valence-electron chi connectivity index (χ4n) is 2.38. The van der Waals surface area contributed by atoms with Crippen LogP contribution in [0.15, 0.2) is 4.42 Å². The van der Waals surface area contributed by atoms with Crippen molar-refractivity contribution in [3.63, 3.8) is 0 Å². The van der Waals surface area contributed by atoms with Crippen molar-refractivity contribution in [2.24, 2.45) is 0 Å². The maximum Gasteiger partial charge on any atom is 0.208 e. The van der Waals surface area contributed by atoms with Crippen molar-refractivity contribution in [2.75, 3.05) is 20.6 Å². The Morgan fingerprint density at radius 1 is 1.35 bits per heavy atom. The lowest BCUT2D eigenvalue weighted by atomic mass is 9.75. The van der Waals surface area contributed by atoms with E-state index in [0.717, 1.165) is 30.4 Å². The normalized spacial score (nSPS) is 18.4. The van der Waals surface area contributed by atoms with E-state index in [1.54, 1.807) is 0 Å². The molecule has 1 heterocycles. The predicted molar refractivity (Wildman–Crippen MR) is 68.0 cm³/mol. The van der Waals surface area contributed by atoms with Gasteiger partial charge in [-0.15, -0.1) is 0 Å². The van der Waals surface area contributed by atoms with Crippen LogP contribution in [-0.4, -0.2) is 36.1 Å². The summed E-state index contributed by atoms with van der Waals surface area (Å²) in [6, 6.07) is 0. The Morgan fingerprint density at radius 2 is 2.06 bits per heavy atom. The SMILES string of the molecule is Cc1nc(CNCC2(N(C)C)CCC2)oc1C. The molecule has 1 aromatic rings. The Labute approximate surface area is 103 Å². The van der Waals surface area contributed by atoms with Gasteiger partial charge < -0.3 is 14.6 Å². The molecular formula is C13H23N3O. The molecule has 1 aliphatic rings. The zero-order chi connectivity index (χ0) is 12.5. The van der Waals surface area contributed by atoms with Gasteiger partial charge in [-0.2, -0.15) is 0 Å². The van der Waals surface area contributed by atoms with Crippen LogP contribution in [0, 0.1) is 13.8 Å². The van der Waals surface area contributed by atoms with Crippen LogP contribution in [0.25, 0.3) is 0 Å². The standard InChI is InChI=1S/C13H23N3O/c1-10-11(2)17-12(15-10)8-14-9-13(16(3)4)6-5-7-13/h14H,5-9H2,1-4H3. The number of hydrogen-bond donors (Lipinski definition) is 1. The number of hydrogen-bond acceptors (Lipinski definition) is 4. The summed E-state index contributed by atoms with van der Waals surface area (Å²) >= 11 is 0. The molecule has 17 heavy (non-hydrogen) atoms. The summed E-state index contributed by atoms with van der Waals surface area (Å²) in [5.74, 6) is 1.72. The number of likely N-dealkylation sites (N-methyl/N-ethyl adjacent to an activating group) is 1. The van der Waals surface area contributed by atoms with Crippen LogP contribution in [-0.2, 0) is 6.54 Å². The molecule has 0 bridgehead atoms. The Morgan fingerprint density at radius 3 is 2.47 bits per heavy atom. The first kappa shape index (κ1) is 12.6. The average molecular weight is 237 g/mol. The van der Waals surface area contributed by atoms with Crippen molar-refractivity contribution in [3.8, 4) is 0 Å². The minimum absolute atomic E-state index is 0.358. The summed E-state index contributed by atoms with van der Waals surface area (Å²) in [6.07, 6.45) is 3.92. The van der Waals surface area contributed by atoms with Crippen LogP contribution >= 0.6 is 0 Å². The van der Waals surface area contributed by atoms with Gasteiger partial charge in [0.25, 0.3) is 0 Å². The molecule has 0 radical (unpaired) electrons. The fourth-order valence-corrected chi connectivity index (χ4v) is 2.38. The van der Waals surface area contributed by atoms with E-state index in [1.165, 1.54) is 19.3 Å². The van der Waals surface area contributed by atoms with E-state index in [-0.39, 0.29) is 0 Å². The minimum Gasteiger partial charge on any atom is -0.444 e. The van der Waals surface area contributed by atoms with E-state index >= 15 is 0 Å². The largest absolute Gasteiger partial charge is 0.444 e. The van der Waals surface area contributed by atoms with Gasteiger partial charge in [-0.25, -0.2) is 4.98 Å². The lowest BCUT2D eigenvalue weighted by Gasteiger charge is -2.47. The van der Waals surface area contributed by atoms with Crippen LogP contribution in [0.5, 0.6) is 0 Å².